The number of carbonyl (C=O) groups is 3. The number of hydrogen-bond donors (Lipinski definition) is 2. The van der Waals surface area contributed by atoms with E-state index in [9.17, 15) is 14.4 Å². The lowest BCUT2D eigenvalue weighted by atomic mass is 10.2. The van der Waals surface area contributed by atoms with Gasteiger partial charge < -0.3 is 15.4 Å². The third-order valence-electron chi connectivity index (χ3n) is 4.10. The molecule has 2 amide bonds. The van der Waals surface area contributed by atoms with Crippen LogP contribution in [0.3, 0.4) is 0 Å². The number of rotatable bonds is 4. The molecular weight excluding hydrogens is 378 g/mol. The summed E-state index contributed by atoms with van der Waals surface area (Å²) < 4.78 is 5.23. The minimum Gasteiger partial charge on any atom is -0.449 e. The van der Waals surface area contributed by atoms with Gasteiger partial charge in [-0.05, 0) is 44.2 Å². The molecule has 0 aliphatic carbocycles. The summed E-state index contributed by atoms with van der Waals surface area (Å²) in [7, 11) is 0. The minimum atomic E-state index is -1.07. The van der Waals surface area contributed by atoms with E-state index in [-0.39, 0.29) is 16.7 Å². The Morgan fingerprint density at radius 2 is 2.04 bits per heavy atom. The van der Waals surface area contributed by atoms with Gasteiger partial charge in [-0.2, -0.15) is 5.26 Å². The number of carbonyl (C=O) groups excluding carboxylic acids is 3. The maximum absolute atomic E-state index is 12.4. The predicted molar refractivity (Wildman–Crippen MR) is 105 cm³/mol. The van der Waals surface area contributed by atoms with Crippen molar-refractivity contribution in [2.45, 2.75) is 30.1 Å². The number of amides is 2. The fourth-order valence-electron chi connectivity index (χ4n) is 2.54. The second kappa shape index (κ2) is 8.15. The Balaban J connectivity index is 1.67. The number of esters is 1. The molecule has 8 heteroatoms. The summed E-state index contributed by atoms with van der Waals surface area (Å²) in [6.07, 6.45) is -1.07. The smallest absolute Gasteiger partial charge is 0.338 e. The van der Waals surface area contributed by atoms with Crippen molar-refractivity contribution in [3.05, 3.63) is 53.6 Å². The maximum atomic E-state index is 12.4. The number of nitriles is 1. The van der Waals surface area contributed by atoms with Crippen LogP contribution >= 0.6 is 11.8 Å². The Kier molecular flexibility index (Phi) is 5.66. The Morgan fingerprint density at radius 3 is 2.79 bits per heavy atom. The molecule has 1 aliphatic rings. The number of benzene rings is 2. The van der Waals surface area contributed by atoms with E-state index in [0.717, 1.165) is 4.90 Å². The van der Waals surface area contributed by atoms with Gasteiger partial charge in [0.15, 0.2) is 6.10 Å². The first-order valence-electron chi connectivity index (χ1n) is 8.51. The van der Waals surface area contributed by atoms with Crippen LogP contribution in [0.25, 0.3) is 0 Å². The number of thioether (sulfide) groups is 1. The summed E-state index contributed by atoms with van der Waals surface area (Å²) in [5, 5.41) is 14.2. The van der Waals surface area contributed by atoms with E-state index in [1.54, 1.807) is 43.3 Å². The largest absolute Gasteiger partial charge is 0.449 e. The summed E-state index contributed by atoms with van der Waals surface area (Å²) in [6, 6.07) is 13.4. The molecule has 0 saturated heterocycles. The molecule has 0 aromatic heterocycles. The van der Waals surface area contributed by atoms with Crippen molar-refractivity contribution in [3.8, 4) is 6.07 Å². The normalized spacial score (nSPS) is 16.2. The van der Waals surface area contributed by atoms with Crippen molar-refractivity contribution in [2.24, 2.45) is 0 Å². The molecule has 0 radical (unpaired) electrons. The van der Waals surface area contributed by atoms with Crippen LogP contribution < -0.4 is 10.6 Å². The van der Waals surface area contributed by atoms with Crippen LogP contribution in [0, 0.1) is 11.3 Å². The number of para-hydroxylation sites is 1. The molecule has 1 heterocycles. The van der Waals surface area contributed by atoms with Crippen LogP contribution in [0.4, 0.5) is 11.4 Å². The third kappa shape index (κ3) is 4.15. The summed E-state index contributed by atoms with van der Waals surface area (Å²) in [4.78, 5) is 37.4. The van der Waals surface area contributed by atoms with E-state index in [1.165, 1.54) is 24.8 Å². The second-order valence-corrected chi connectivity index (χ2v) is 7.54. The van der Waals surface area contributed by atoms with Gasteiger partial charge in [0.1, 0.15) is 6.07 Å². The number of fused-ring (bicyclic) bond motifs is 1. The van der Waals surface area contributed by atoms with Crippen LogP contribution in [0.2, 0.25) is 0 Å². The van der Waals surface area contributed by atoms with Gasteiger partial charge in [0.05, 0.1) is 27.8 Å². The topological polar surface area (TPSA) is 108 Å². The van der Waals surface area contributed by atoms with Crippen molar-refractivity contribution >= 4 is 40.9 Å². The highest BCUT2D eigenvalue weighted by Crippen LogP contribution is 2.36. The molecule has 142 valence electrons. The van der Waals surface area contributed by atoms with Crippen LogP contribution in [0.5, 0.6) is 0 Å². The number of nitrogens with zero attached hydrogens (tertiary/aromatic N) is 1. The van der Waals surface area contributed by atoms with Crippen molar-refractivity contribution in [1.29, 1.82) is 5.26 Å². The molecular formula is C20H17N3O4S. The molecule has 0 fully saturated rings. The Hall–Kier alpha value is -3.31. The van der Waals surface area contributed by atoms with Gasteiger partial charge in [-0.15, -0.1) is 11.8 Å². The molecule has 1 aliphatic heterocycles. The van der Waals surface area contributed by atoms with Crippen molar-refractivity contribution in [3.63, 3.8) is 0 Å². The van der Waals surface area contributed by atoms with E-state index in [0.29, 0.717) is 16.9 Å². The Morgan fingerprint density at radius 1 is 1.29 bits per heavy atom. The monoisotopic (exact) mass is 395 g/mol. The zero-order chi connectivity index (χ0) is 20.3. The summed E-state index contributed by atoms with van der Waals surface area (Å²) in [5.74, 6) is -1.37. The standard InChI is InChI=1S/C20H17N3O4S/c1-11(18(24)22-15-6-4-3-5-14(15)10-21)27-20(26)13-7-8-17-16(9-13)23-19(25)12(2)28-17/h3-9,11-12H,1-2H3,(H,22,24)(H,23,25)/t11-,12+/m0/s1. The first kappa shape index (κ1) is 19.5. The quantitative estimate of drug-likeness (QED) is 0.770. The third-order valence-corrected chi connectivity index (χ3v) is 5.28. The van der Waals surface area contributed by atoms with E-state index in [2.05, 4.69) is 10.6 Å². The van der Waals surface area contributed by atoms with Crippen molar-refractivity contribution in [1.82, 2.24) is 0 Å². The molecule has 0 unspecified atom stereocenters. The van der Waals surface area contributed by atoms with E-state index in [4.69, 9.17) is 10.00 Å². The highest BCUT2D eigenvalue weighted by atomic mass is 32.2. The van der Waals surface area contributed by atoms with Crippen LogP contribution in [0.1, 0.15) is 29.8 Å². The fourth-order valence-corrected chi connectivity index (χ4v) is 3.47. The molecule has 0 saturated carbocycles. The maximum Gasteiger partial charge on any atom is 0.338 e. The van der Waals surface area contributed by atoms with Crippen molar-refractivity contribution < 1.29 is 19.1 Å². The van der Waals surface area contributed by atoms with E-state index in [1.807, 2.05) is 6.07 Å². The van der Waals surface area contributed by atoms with Crippen LogP contribution in [0.15, 0.2) is 47.4 Å². The van der Waals surface area contributed by atoms with Gasteiger partial charge in [-0.3, -0.25) is 9.59 Å². The lowest BCUT2D eigenvalue weighted by molar-refractivity contribution is -0.123. The molecule has 2 aromatic rings. The minimum absolute atomic E-state index is 0.132. The van der Waals surface area contributed by atoms with Crippen LogP contribution in [-0.2, 0) is 14.3 Å². The number of nitrogens with one attached hydrogen (secondary N) is 2. The Labute approximate surface area is 166 Å². The van der Waals surface area contributed by atoms with Gasteiger partial charge >= 0.3 is 5.97 Å². The average molecular weight is 395 g/mol. The average Bonchev–Trinajstić information content (AvgIpc) is 2.68. The van der Waals surface area contributed by atoms with Gasteiger partial charge in [0.25, 0.3) is 5.91 Å². The summed E-state index contributed by atoms with van der Waals surface area (Å²) >= 11 is 1.41. The molecule has 0 bridgehead atoms. The highest BCUT2D eigenvalue weighted by Gasteiger charge is 2.25. The van der Waals surface area contributed by atoms with Gasteiger partial charge in [-0.1, -0.05) is 12.1 Å². The van der Waals surface area contributed by atoms with E-state index < -0.39 is 18.0 Å². The predicted octanol–water partition coefficient (Wildman–Crippen LogP) is 3.17. The van der Waals surface area contributed by atoms with Gasteiger partial charge in [0.2, 0.25) is 5.91 Å². The summed E-state index contributed by atoms with van der Waals surface area (Å²) in [6.45, 7) is 3.25. The number of ether oxygens (including phenoxy) is 1. The molecule has 2 atom stereocenters. The Bertz CT molecular complexity index is 999. The SMILES string of the molecule is C[C@H](OC(=O)c1ccc2c(c1)NC(=O)[C@@H](C)S2)C(=O)Nc1ccccc1C#N. The van der Waals surface area contributed by atoms with Gasteiger partial charge in [-0.25, -0.2) is 4.79 Å². The lowest BCUT2D eigenvalue weighted by Gasteiger charge is -2.22. The van der Waals surface area contributed by atoms with Gasteiger partial charge in [0, 0.05) is 4.90 Å². The summed E-state index contributed by atoms with van der Waals surface area (Å²) in [5.41, 5.74) is 1.43. The number of hydrogen-bond acceptors (Lipinski definition) is 6. The highest BCUT2D eigenvalue weighted by molar-refractivity contribution is 8.00. The molecule has 2 N–H and O–H groups in total. The number of anilines is 2. The molecule has 2 aromatic carbocycles. The van der Waals surface area contributed by atoms with Crippen LogP contribution in [-0.4, -0.2) is 29.1 Å². The molecule has 3 rings (SSSR count). The molecule has 0 spiro atoms. The second-order valence-electron chi connectivity index (χ2n) is 6.15. The first-order valence-corrected chi connectivity index (χ1v) is 9.39. The zero-order valence-corrected chi connectivity index (χ0v) is 16.0. The lowest BCUT2D eigenvalue weighted by Crippen LogP contribution is -2.30. The van der Waals surface area contributed by atoms with E-state index >= 15 is 0 Å². The fraction of sp³-hybridized carbons (Fsp3) is 0.200. The molecule has 28 heavy (non-hydrogen) atoms. The molecule has 7 nitrogen and oxygen atoms in total. The van der Waals surface area contributed by atoms with Crippen molar-refractivity contribution in [2.75, 3.05) is 10.6 Å². The zero-order valence-electron chi connectivity index (χ0n) is 15.2. The first-order chi connectivity index (χ1) is 13.4.